The lowest BCUT2D eigenvalue weighted by Crippen LogP contribution is -2.42. The molecule has 1 N–H and O–H groups in total. The first-order valence-corrected chi connectivity index (χ1v) is 14.8. The van der Waals surface area contributed by atoms with Crippen molar-refractivity contribution in [1.29, 1.82) is 0 Å². The summed E-state index contributed by atoms with van der Waals surface area (Å²) in [5.41, 5.74) is 0.330. The lowest BCUT2D eigenvalue weighted by molar-refractivity contribution is -0.118. The highest BCUT2D eigenvalue weighted by Gasteiger charge is 2.37. The summed E-state index contributed by atoms with van der Waals surface area (Å²) in [6, 6.07) is 6.70. The van der Waals surface area contributed by atoms with E-state index in [1.807, 2.05) is 6.92 Å². The summed E-state index contributed by atoms with van der Waals surface area (Å²) in [6.07, 6.45) is 5.26. The maximum absolute atomic E-state index is 13.1. The van der Waals surface area contributed by atoms with Crippen LogP contribution < -0.4 is 10.2 Å². The second kappa shape index (κ2) is 12.2. The SMILES string of the molecule is CCC(=O)N(c1ccn(CC#CCNC(=O)OC(C)(C)C)n1)C1CCCC1c1ccc(S(C)(=O)=O)c(Cl)c1. The fraction of sp³-hybridized carbons (Fsp3) is 0.519. The van der Waals surface area contributed by atoms with Gasteiger partial charge in [-0.05, 0) is 51.3 Å². The molecule has 206 valence electrons. The first-order chi connectivity index (χ1) is 17.8. The van der Waals surface area contributed by atoms with Crippen LogP contribution in [0, 0.1) is 11.8 Å². The number of carbonyl (C=O) groups excluding carboxylic acids is 2. The van der Waals surface area contributed by atoms with Gasteiger partial charge in [0.1, 0.15) is 12.1 Å². The highest BCUT2D eigenvalue weighted by atomic mass is 35.5. The third kappa shape index (κ3) is 7.74. The first kappa shape index (κ1) is 29.5. The Morgan fingerprint density at radius 3 is 2.61 bits per heavy atom. The van der Waals surface area contributed by atoms with E-state index in [0.717, 1.165) is 31.1 Å². The van der Waals surface area contributed by atoms with Gasteiger partial charge in [0, 0.05) is 36.9 Å². The Hall–Kier alpha value is -3.03. The zero-order chi connectivity index (χ0) is 28.1. The number of nitrogens with one attached hydrogen (secondary N) is 1. The molecule has 1 aliphatic carbocycles. The van der Waals surface area contributed by atoms with Gasteiger partial charge in [0.2, 0.25) is 5.91 Å². The fourth-order valence-corrected chi connectivity index (χ4v) is 5.87. The predicted molar refractivity (Wildman–Crippen MR) is 147 cm³/mol. The van der Waals surface area contributed by atoms with Crippen molar-refractivity contribution < 1.29 is 22.7 Å². The smallest absolute Gasteiger partial charge is 0.408 e. The normalized spacial score (nSPS) is 17.4. The number of hydrogen-bond acceptors (Lipinski definition) is 6. The second-order valence-electron chi connectivity index (χ2n) is 10.3. The number of hydrogen-bond donors (Lipinski definition) is 1. The number of carbonyl (C=O) groups is 2. The predicted octanol–water partition coefficient (Wildman–Crippen LogP) is 4.55. The summed E-state index contributed by atoms with van der Waals surface area (Å²) in [5, 5.41) is 7.37. The number of amides is 2. The van der Waals surface area contributed by atoms with Crippen molar-refractivity contribution in [2.45, 2.75) is 82.4 Å². The third-order valence-electron chi connectivity index (χ3n) is 6.13. The number of benzene rings is 1. The van der Waals surface area contributed by atoms with Crippen LogP contribution >= 0.6 is 11.6 Å². The lowest BCUT2D eigenvalue weighted by Gasteiger charge is -2.32. The lowest BCUT2D eigenvalue weighted by atomic mass is 9.93. The van der Waals surface area contributed by atoms with E-state index in [2.05, 4.69) is 22.3 Å². The summed E-state index contributed by atoms with van der Waals surface area (Å²) in [7, 11) is -3.43. The Labute approximate surface area is 229 Å². The van der Waals surface area contributed by atoms with Gasteiger partial charge in [-0.3, -0.25) is 14.4 Å². The number of ether oxygens (including phenoxy) is 1. The molecule has 0 bridgehead atoms. The van der Waals surface area contributed by atoms with E-state index in [1.165, 1.54) is 0 Å². The molecule has 1 fully saturated rings. The molecule has 9 nitrogen and oxygen atoms in total. The molecule has 1 saturated carbocycles. The zero-order valence-corrected chi connectivity index (χ0v) is 24.0. The maximum Gasteiger partial charge on any atom is 0.408 e. The molecule has 2 atom stereocenters. The summed E-state index contributed by atoms with van der Waals surface area (Å²) in [6.45, 7) is 7.62. The second-order valence-corrected chi connectivity index (χ2v) is 12.7. The molecule has 1 aromatic carbocycles. The molecule has 1 heterocycles. The van der Waals surface area contributed by atoms with Gasteiger partial charge in [-0.1, -0.05) is 42.9 Å². The van der Waals surface area contributed by atoms with Gasteiger partial charge in [0.25, 0.3) is 0 Å². The van der Waals surface area contributed by atoms with Crippen LogP contribution in [0.3, 0.4) is 0 Å². The number of alkyl carbamates (subject to hydrolysis) is 1. The van der Waals surface area contributed by atoms with Gasteiger partial charge in [0.15, 0.2) is 15.7 Å². The molecular weight excluding hydrogens is 528 g/mol. The molecule has 0 saturated heterocycles. The Bertz CT molecular complexity index is 1340. The minimum absolute atomic E-state index is 0.000445. The van der Waals surface area contributed by atoms with Gasteiger partial charge >= 0.3 is 6.09 Å². The first-order valence-electron chi connectivity index (χ1n) is 12.6. The summed E-state index contributed by atoms with van der Waals surface area (Å²) in [5.74, 6) is 6.32. The number of aromatic nitrogens is 2. The molecule has 0 aliphatic heterocycles. The molecule has 2 unspecified atom stereocenters. The number of anilines is 1. The minimum Gasteiger partial charge on any atom is -0.444 e. The van der Waals surface area contributed by atoms with Crippen LogP contribution in [0.15, 0.2) is 35.4 Å². The molecule has 38 heavy (non-hydrogen) atoms. The van der Waals surface area contributed by atoms with Crippen molar-refractivity contribution >= 4 is 39.3 Å². The van der Waals surface area contributed by atoms with Crippen molar-refractivity contribution in [3.8, 4) is 11.8 Å². The van der Waals surface area contributed by atoms with Gasteiger partial charge in [-0.25, -0.2) is 13.2 Å². The van der Waals surface area contributed by atoms with Gasteiger partial charge in [-0.2, -0.15) is 5.10 Å². The van der Waals surface area contributed by atoms with Crippen LogP contribution in [-0.2, 0) is 25.9 Å². The molecule has 2 aromatic rings. The Morgan fingerprint density at radius 1 is 1.24 bits per heavy atom. The third-order valence-corrected chi connectivity index (χ3v) is 7.70. The quantitative estimate of drug-likeness (QED) is 0.496. The summed E-state index contributed by atoms with van der Waals surface area (Å²) < 4.78 is 30.8. The van der Waals surface area contributed by atoms with Gasteiger partial charge < -0.3 is 10.1 Å². The van der Waals surface area contributed by atoms with E-state index in [4.69, 9.17) is 16.3 Å². The monoisotopic (exact) mass is 562 g/mol. The topological polar surface area (TPSA) is 111 Å². The number of nitrogens with zero attached hydrogens (tertiary/aromatic N) is 3. The summed E-state index contributed by atoms with van der Waals surface area (Å²) in [4.78, 5) is 26.6. The average molecular weight is 563 g/mol. The van der Waals surface area contributed by atoms with Gasteiger partial charge in [0.05, 0.1) is 16.5 Å². The van der Waals surface area contributed by atoms with Crippen LogP contribution in [0.25, 0.3) is 0 Å². The largest absolute Gasteiger partial charge is 0.444 e. The van der Waals surface area contributed by atoms with Crippen molar-refractivity contribution in [1.82, 2.24) is 15.1 Å². The van der Waals surface area contributed by atoms with Crippen LogP contribution in [0.2, 0.25) is 5.02 Å². The molecule has 0 spiro atoms. The fourth-order valence-electron chi connectivity index (χ4n) is 4.54. The zero-order valence-electron chi connectivity index (χ0n) is 22.5. The van der Waals surface area contributed by atoms with E-state index in [-0.39, 0.29) is 34.3 Å². The van der Waals surface area contributed by atoms with E-state index in [9.17, 15) is 18.0 Å². The van der Waals surface area contributed by atoms with Crippen LogP contribution in [0.1, 0.15) is 64.9 Å². The van der Waals surface area contributed by atoms with Crippen molar-refractivity contribution in [3.05, 3.63) is 41.0 Å². The molecule has 2 amide bonds. The molecule has 1 aromatic heterocycles. The molecule has 11 heteroatoms. The standard InChI is InChI=1S/C27H35ClN4O5S/c1-6-25(33)32(22-11-9-10-20(22)19-12-13-23(21(28)18-19)38(5,35)36)24-14-17-31(30-24)16-8-7-15-29-26(34)37-27(2,3)4/h12-14,17-18,20,22H,6,9-11,15-16H2,1-5H3,(H,29,34). The van der Waals surface area contributed by atoms with Gasteiger partial charge in [-0.15, -0.1) is 0 Å². The Kier molecular flexibility index (Phi) is 9.49. The van der Waals surface area contributed by atoms with Crippen molar-refractivity contribution in [2.75, 3.05) is 17.7 Å². The van der Waals surface area contributed by atoms with Crippen LogP contribution in [0.5, 0.6) is 0 Å². The van der Waals surface area contributed by atoms with E-state index in [1.54, 1.807) is 60.8 Å². The average Bonchev–Trinajstić information content (AvgIpc) is 3.47. The Balaban J connectivity index is 1.74. The number of rotatable bonds is 7. The molecule has 3 rings (SSSR count). The van der Waals surface area contributed by atoms with Crippen LogP contribution in [-0.4, -0.2) is 54.6 Å². The molecular formula is C27H35ClN4O5S. The van der Waals surface area contributed by atoms with Crippen molar-refractivity contribution in [3.63, 3.8) is 0 Å². The van der Waals surface area contributed by atoms with E-state index < -0.39 is 21.5 Å². The van der Waals surface area contributed by atoms with Crippen molar-refractivity contribution in [2.24, 2.45) is 0 Å². The van der Waals surface area contributed by atoms with E-state index in [0.29, 0.717) is 18.8 Å². The van der Waals surface area contributed by atoms with Crippen LogP contribution in [0.4, 0.5) is 10.6 Å². The highest BCUT2D eigenvalue weighted by Crippen LogP contribution is 2.41. The molecule has 0 radical (unpaired) electrons. The molecule has 1 aliphatic rings. The maximum atomic E-state index is 13.1. The number of sulfone groups is 1. The number of halogens is 1. The van der Waals surface area contributed by atoms with E-state index >= 15 is 0 Å². The summed E-state index contributed by atoms with van der Waals surface area (Å²) >= 11 is 6.33. The minimum atomic E-state index is -3.43. The Morgan fingerprint density at radius 2 is 1.97 bits per heavy atom. The highest BCUT2D eigenvalue weighted by molar-refractivity contribution is 7.90.